The molecule has 0 radical (unpaired) electrons. The number of anilines is 1. The normalized spacial score (nSPS) is 11.4. The zero-order valence-electron chi connectivity index (χ0n) is 15.8. The van der Waals surface area contributed by atoms with Gasteiger partial charge in [0.2, 0.25) is 0 Å². The smallest absolute Gasteiger partial charge is 0.272 e. The summed E-state index contributed by atoms with van der Waals surface area (Å²) in [5.41, 5.74) is 5.81. The van der Waals surface area contributed by atoms with Gasteiger partial charge < -0.3 is 19.6 Å². The molecule has 138 valence electrons. The summed E-state index contributed by atoms with van der Waals surface area (Å²) < 4.78 is 7.29. The third-order valence-electron chi connectivity index (χ3n) is 4.90. The largest absolute Gasteiger partial charge is 0.383 e. The number of hydrogen-bond acceptors (Lipinski definition) is 2. The van der Waals surface area contributed by atoms with Gasteiger partial charge in [0, 0.05) is 47.3 Å². The number of hydrogen-bond donors (Lipinski definition) is 2. The van der Waals surface area contributed by atoms with Crippen molar-refractivity contribution in [2.24, 2.45) is 0 Å². The lowest BCUT2D eigenvalue weighted by Gasteiger charge is -2.07. The Morgan fingerprint density at radius 3 is 2.81 bits per heavy atom. The van der Waals surface area contributed by atoms with E-state index in [1.807, 2.05) is 30.5 Å². The molecule has 0 unspecified atom stereocenters. The van der Waals surface area contributed by atoms with Gasteiger partial charge in [-0.1, -0.05) is 6.07 Å². The summed E-state index contributed by atoms with van der Waals surface area (Å²) in [6.07, 6.45) is 2.04. The number of ether oxygens (including phenoxy) is 1. The molecule has 2 heterocycles. The summed E-state index contributed by atoms with van der Waals surface area (Å²) >= 11 is 0. The van der Waals surface area contributed by atoms with Crippen molar-refractivity contribution >= 4 is 33.4 Å². The number of benzene rings is 2. The van der Waals surface area contributed by atoms with E-state index in [-0.39, 0.29) is 5.91 Å². The first-order valence-electron chi connectivity index (χ1n) is 9.04. The van der Waals surface area contributed by atoms with Gasteiger partial charge in [-0.05, 0) is 61.4 Å². The van der Waals surface area contributed by atoms with Gasteiger partial charge in [0.1, 0.15) is 5.69 Å². The topological polar surface area (TPSA) is 59.0 Å². The fraction of sp³-hybridized carbons (Fsp3) is 0.227. The fourth-order valence-electron chi connectivity index (χ4n) is 3.58. The van der Waals surface area contributed by atoms with Crippen LogP contribution >= 0.6 is 0 Å². The maximum Gasteiger partial charge on any atom is 0.272 e. The van der Waals surface area contributed by atoms with Crippen LogP contribution < -0.4 is 5.32 Å². The molecule has 1 amide bonds. The lowest BCUT2D eigenvalue weighted by molar-refractivity contribution is 0.102. The number of fused-ring (bicyclic) bond motifs is 2. The number of nitrogens with one attached hydrogen (secondary N) is 2. The van der Waals surface area contributed by atoms with Gasteiger partial charge in [-0.25, -0.2) is 0 Å². The first-order chi connectivity index (χ1) is 13.0. The molecule has 0 saturated heterocycles. The molecule has 2 N–H and O–H groups in total. The lowest BCUT2D eigenvalue weighted by Crippen LogP contribution is -2.12. The Bertz CT molecular complexity index is 1140. The number of methoxy groups -OCH3 is 1. The predicted molar refractivity (Wildman–Crippen MR) is 110 cm³/mol. The van der Waals surface area contributed by atoms with Crippen LogP contribution in [0.1, 0.15) is 21.6 Å². The second-order valence-corrected chi connectivity index (χ2v) is 6.96. The highest BCUT2D eigenvalue weighted by Gasteiger charge is 2.12. The molecule has 0 saturated carbocycles. The molecule has 0 fully saturated rings. The summed E-state index contributed by atoms with van der Waals surface area (Å²) in [4.78, 5) is 15.9. The van der Waals surface area contributed by atoms with Crippen molar-refractivity contribution in [1.29, 1.82) is 0 Å². The van der Waals surface area contributed by atoms with Gasteiger partial charge in [-0.15, -0.1) is 0 Å². The number of aromatic nitrogens is 2. The minimum absolute atomic E-state index is 0.138. The molecule has 0 aliphatic rings. The maximum absolute atomic E-state index is 12.7. The molecular weight excluding hydrogens is 338 g/mol. The first kappa shape index (κ1) is 17.4. The van der Waals surface area contributed by atoms with Gasteiger partial charge in [0.15, 0.2) is 0 Å². The van der Waals surface area contributed by atoms with E-state index >= 15 is 0 Å². The molecule has 4 aromatic rings. The van der Waals surface area contributed by atoms with E-state index in [0.29, 0.717) is 12.3 Å². The summed E-state index contributed by atoms with van der Waals surface area (Å²) in [5, 5.41) is 5.16. The van der Waals surface area contributed by atoms with Gasteiger partial charge in [-0.3, -0.25) is 4.79 Å². The molecule has 5 nitrogen and oxygen atoms in total. The van der Waals surface area contributed by atoms with Crippen molar-refractivity contribution in [2.75, 3.05) is 19.0 Å². The van der Waals surface area contributed by atoms with Crippen LogP contribution in [0.25, 0.3) is 21.8 Å². The molecular formula is C22H23N3O2. The summed E-state index contributed by atoms with van der Waals surface area (Å²) in [6, 6.07) is 14.1. The van der Waals surface area contributed by atoms with Crippen LogP contribution in [0.5, 0.6) is 0 Å². The second-order valence-electron chi connectivity index (χ2n) is 6.96. The van der Waals surface area contributed by atoms with Crippen LogP contribution in [-0.4, -0.2) is 29.2 Å². The number of aromatic amines is 1. The predicted octanol–water partition coefficient (Wildman–Crippen LogP) is 4.64. The monoisotopic (exact) mass is 361 g/mol. The van der Waals surface area contributed by atoms with E-state index in [2.05, 4.69) is 46.9 Å². The van der Waals surface area contributed by atoms with Crippen molar-refractivity contribution in [3.63, 3.8) is 0 Å². The SMILES string of the molecule is COCCn1ccc2cc(NC(=O)c3cc4c(C)cc(C)cc4[nH]3)ccc21. The number of H-pyrrole nitrogens is 1. The molecule has 2 aromatic carbocycles. The van der Waals surface area contributed by atoms with Crippen LogP contribution in [0.15, 0.2) is 48.7 Å². The molecule has 0 aliphatic heterocycles. The number of amides is 1. The minimum atomic E-state index is -0.138. The lowest BCUT2D eigenvalue weighted by atomic mass is 10.1. The van der Waals surface area contributed by atoms with Crippen LogP contribution in [0.2, 0.25) is 0 Å². The molecule has 0 spiro atoms. The number of rotatable bonds is 5. The first-order valence-corrected chi connectivity index (χ1v) is 9.04. The van der Waals surface area contributed by atoms with Crippen molar-refractivity contribution in [3.05, 3.63) is 65.5 Å². The Hall–Kier alpha value is -3.05. The minimum Gasteiger partial charge on any atom is -0.383 e. The third kappa shape index (κ3) is 3.34. The molecule has 4 rings (SSSR count). The van der Waals surface area contributed by atoms with E-state index in [1.54, 1.807) is 7.11 Å². The molecule has 0 atom stereocenters. The van der Waals surface area contributed by atoms with E-state index in [9.17, 15) is 4.79 Å². The number of carbonyl (C=O) groups is 1. The van der Waals surface area contributed by atoms with Crippen LogP contribution in [0, 0.1) is 13.8 Å². The fourth-order valence-corrected chi connectivity index (χ4v) is 3.58. The van der Waals surface area contributed by atoms with Crippen LogP contribution in [0.3, 0.4) is 0 Å². The standard InChI is InChI=1S/C22H23N3O2/c1-14-10-15(2)18-13-20(24-19(18)11-14)22(26)23-17-4-5-21-16(12-17)6-7-25(21)8-9-27-3/h4-7,10-13,24H,8-9H2,1-3H3,(H,23,26). The quantitative estimate of drug-likeness (QED) is 0.544. The average Bonchev–Trinajstić information content (AvgIpc) is 3.24. The maximum atomic E-state index is 12.7. The number of nitrogens with zero attached hydrogens (tertiary/aromatic N) is 1. The Morgan fingerprint density at radius 1 is 1.15 bits per heavy atom. The molecule has 0 bridgehead atoms. The van der Waals surface area contributed by atoms with Crippen molar-refractivity contribution < 1.29 is 9.53 Å². The molecule has 27 heavy (non-hydrogen) atoms. The van der Waals surface area contributed by atoms with Gasteiger partial charge in [0.25, 0.3) is 5.91 Å². The third-order valence-corrected chi connectivity index (χ3v) is 4.90. The van der Waals surface area contributed by atoms with Gasteiger partial charge in [0.05, 0.1) is 6.61 Å². The van der Waals surface area contributed by atoms with E-state index < -0.39 is 0 Å². The summed E-state index contributed by atoms with van der Waals surface area (Å²) in [6.45, 7) is 5.59. The zero-order chi connectivity index (χ0) is 19.0. The Labute approximate surface area is 157 Å². The zero-order valence-corrected chi connectivity index (χ0v) is 15.8. The highest BCUT2D eigenvalue weighted by molar-refractivity contribution is 6.07. The van der Waals surface area contributed by atoms with Crippen LogP contribution in [-0.2, 0) is 11.3 Å². The van der Waals surface area contributed by atoms with E-state index in [1.165, 1.54) is 11.1 Å². The summed E-state index contributed by atoms with van der Waals surface area (Å²) in [5.74, 6) is -0.138. The van der Waals surface area contributed by atoms with Crippen LogP contribution in [0.4, 0.5) is 5.69 Å². The Morgan fingerprint density at radius 2 is 2.00 bits per heavy atom. The highest BCUT2D eigenvalue weighted by Crippen LogP contribution is 2.24. The average molecular weight is 361 g/mol. The van der Waals surface area contributed by atoms with Gasteiger partial charge in [-0.2, -0.15) is 0 Å². The van der Waals surface area contributed by atoms with Crippen molar-refractivity contribution in [2.45, 2.75) is 20.4 Å². The highest BCUT2D eigenvalue weighted by atomic mass is 16.5. The Balaban J connectivity index is 1.58. The molecule has 5 heteroatoms. The summed E-state index contributed by atoms with van der Waals surface area (Å²) in [7, 11) is 1.70. The van der Waals surface area contributed by atoms with Gasteiger partial charge >= 0.3 is 0 Å². The van der Waals surface area contributed by atoms with Crippen molar-refractivity contribution in [3.8, 4) is 0 Å². The van der Waals surface area contributed by atoms with E-state index in [4.69, 9.17) is 4.74 Å². The van der Waals surface area contributed by atoms with E-state index in [0.717, 1.165) is 34.0 Å². The second kappa shape index (κ2) is 6.93. The number of aryl methyl sites for hydroxylation is 2. The number of carbonyl (C=O) groups excluding carboxylic acids is 1. The van der Waals surface area contributed by atoms with Crippen molar-refractivity contribution in [1.82, 2.24) is 9.55 Å². The molecule has 2 aromatic heterocycles. The Kier molecular flexibility index (Phi) is 4.46. The molecule has 0 aliphatic carbocycles.